The number of carbonyl (C=O) groups excluding carboxylic acids is 1. The minimum atomic E-state index is -0.241. The van der Waals surface area contributed by atoms with Gasteiger partial charge in [0.25, 0.3) is 0 Å². The molecule has 0 amide bonds. The highest BCUT2D eigenvalue weighted by atomic mass is 16.5. The molecule has 1 saturated heterocycles. The number of rotatable bonds is 4. The Hall–Kier alpha value is -2.23. The summed E-state index contributed by atoms with van der Waals surface area (Å²) in [6.07, 6.45) is 7.56. The van der Waals surface area contributed by atoms with E-state index < -0.39 is 0 Å². The first-order chi connectivity index (χ1) is 11.2. The average Bonchev–Trinajstić information content (AvgIpc) is 3.10. The molecule has 0 spiro atoms. The number of hydrogen-bond acceptors (Lipinski definition) is 3. The van der Waals surface area contributed by atoms with E-state index in [9.17, 15) is 4.79 Å². The Kier molecular flexibility index (Phi) is 4.70. The van der Waals surface area contributed by atoms with Crippen LogP contribution in [-0.4, -0.2) is 29.7 Å². The van der Waals surface area contributed by atoms with E-state index >= 15 is 0 Å². The Bertz CT molecular complexity index is 664. The lowest BCUT2D eigenvalue weighted by molar-refractivity contribution is 0.0527. The molecular formula is C19H24N2O2. The summed E-state index contributed by atoms with van der Waals surface area (Å²) in [4.78, 5) is 14.8. The number of aromatic nitrogens is 1. The van der Waals surface area contributed by atoms with Gasteiger partial charge in [-0.15, -0.1) is 0 Å². The third kappa shape index (κ3) is 3.26. The molecule has 0 saturated carbocycles. The number of benzene rings is 1. The van der Waals surface area contributed by atoms with Gasteiger partial charge in [-0.2, -0.15) is 0 Å². The molecular weight excluding hydrogens is 288 g/mol. The fraction of sp³-hybridized carbons (Fsp3) is 0.421. The molecule has 4 heteroatoms. The van der Waals surface area contributed by atoms with Gasteiger partial charge in [-0.3, -0.25) is 0 Å². The maximum absolute atomic E-state index is 12.5. The summed E-state index contributed by atoms with van der Waals surface area (Å²) in [5.41, 5.74) is 2.63. The van der Waals surface area contributed by atoms with Gasteiger partial charge < -0.3 is 14.2 Å². The SMILES string of the molecule is CCOC(=O)c1cc(-n2cccc2)ccc1N1CCCCC1C. The second kappa shape index (κ2) is 6.90. The fourth-order valence-electron chi connectivity index (χ4n) is 3.27. The van der Waals surface area contributed by atoms with Crippen molar-refractivity contribution in [2.24, 2.45) is 0 Å². The second-order valence-corrected chi connectivity index (χ2v) is 6.05. The van der Waals surface area contributed by atoms with E-state index in [-0.39, 0.29) is 5.97 Å². The lowest BCUT2D eigenvalue weighted by atomic mass is 10.0. The van der Waals surface area contributed by atoms with Gasteiger partial charge in [-0.25, -0.2) is 4.79 Å². The van der Waals surface area contributed by atoms with Gasteiger partial charge in [0.1, 0.15) is 0 Å². The predicted octanol–water partition coefficient (Wildman–Crippen LogP) is 4.03. The Balaban J connectivity index is 2.02. The van der Waals surface area contributed by atoms with Gasteiger partial charge in [0, 0.05) is 30.7 Å². The van der Waals surface area contributed by atoms with Crippen molar-refractivity contribution in [3.63, 3.8) is 0 Å². The zero-order valence-corrected chi connectivity index (χ0v) is 13.9. The van der Waals surface area contributed by atoms with Crippen LogP contribution in [-0.2, 0) is 4.74 Å². The van der Waals surface area contributed by atoms with Gasteiger partial charge in [0.15, 0.2) is 0 Å². The van der Waals surface area contributed by atoms with Crippen LogP contribution in [0.3, 0.4) is 0 Å². The summed E-state index contributed by atoms with van der Waals surface area (Å²) in [5.74, 6) is -0.241. The topological polar surface area (TPSA) is 34.5 Å². The smallest absolute Gasteiger partial charge is 0.340 e. The number of nitrogens with zero attached hydrogens (tertiary/aromatic N) is 2. The van der Waals surface area contributed by atoms with Crippen molar-refractivity contribution in [1.82, 2.24) is 4.57 Å². The highest BCUT2D eigenvalue weighted by Gasteiger charge is 2.24. The molecule has 0 N–H and O–H groups in total. The van der Waals surface area contributed by atoms with Gasteiger partial charge in [0.2, 0.25) is 0 Å². The summed E-state index contributed by atoms with van der Waals surface area (Å²) >= 11 is 0. The maximum Gasteiger partial charge on any atom is 0.340 e. The number of ether oxygens (including phenoxy) is 1. The standard InChI is InChI=1S/C19H24N2O2/c1-3-23-19(22)17-14-16(20-11-6-7-12-20)9-10-18(17)21-13-5-4-8-15(21)2/h6-7,9-12,14-15H,3-5,8,13H2,1-2H3. The quantitative estimate of drug-likeness (QED) is 0.799. The van der Waals surface area contributed by atoms with Crippen LogP contribution in [0.25, 0.3) is 5.69 Å². The predicted molar refractivity (Wildman–Crippen MR) is 92.4 cm³/mol. The van der Waals surface area contributed by atoms with Crippen LogP contribution < -0.4 is 4.90 Å². The van der Waals surface area contributed by atoms with Crippen molar-refractivity contribution in [3.05, 3.63) is 48.3 Å². The van der Waals surface area contributed by atoms with Crippen LogP contribution >= 0.6 is 0 Å². The first-order valence-corrected chi connectivity index (χ1v) is 8.42. The molecule has 122 valence electrons. The van der Waals surface area contributed by atoms with E-state index in [4.69, 9.17) is 4.74 Å². The molecule has 1 aliphatic heterocycles. The molecule has 1 fully saturated rings. The molecule has 23 heavy (non-hydrogen) atoms. The monoisotopic (exact) mass is 312 g/mol. The molecule has 1 aromatic carbocycles. The van der Waals surface area contributed by atoms with Gasteiger partial charge in [0.05, 0.1) is 17.9 Å². The molecule has 4 nitrogen and oxygen atoms in total. The Morgan fingerprint density at radius 1 is 1.26 bits per heavy atom. The summed E-state index contributed by atoms with van der Waals surface area (Å²) in [5, 5.41) is 0. The van der Waals surface area contributed by atoms with Crippen LogP contribution in [0.5, 0.6) is 0 Å². The first-order valence-electron chi connectivity index (χ1n) is 8.42. The number of esters is 1. The van der Waals surface area contributed by atoms with Gasteiger partial charge in [-0.1, -0.05) is 0 Å². The van der Waals surface area contributed by atoms with Gasteiger partial charge >= 0.3 is 5.97 Å². The zero-order chi connectivity index (χ0) is 16.2. The van der Waals surface area contributed by atoms with Crippen LogP contribution in [0, 0.1) is 0 Å². The average molecular weight is 312 g/mol. The minimum absolute atomic E-state index is 0.241. The van der Waals surface area contributed by atoms with E-state index in [1.54, 1.807) is 0 Å². The van der Waals surface area contributed by atoms with E-state index in [2.05, 4.69) is 24.0 Å². The first kappa shape index (κ1) is 15.7. The lowest BCUT2D eigenvalue weighted by Crippen LogP contribution is -2.38. The maximum atomic E-state index is 12.5. The molecule has 1 aliphatic rings. The van der Waals surface area contributed by atoms with Crippen molar-refractivity contribution in [2.45, 2.75) is 39.2 Å². The second-order valence-electron chi connectivity index (χ2n) is 6.05. The Morgan fingerprint density at radius 2 is 2.04 bits per heavy atom. The minimum Gasteiger partial charge on any atom is -0.462 e. The van der Waals surface area contributed by atoms with Crippen LogP contribution in [0.15, 0.2) is 42.7 Å². The van der Waals surface area contributed by atoms with E-state index in [0.717, 1.165) is 17.9 Å². The number of piperidine rings is 1. The Morgan fingerprint density at radius 3 is 2.74 bits per heavy atom. The lowest BCUT2D eigenvalue weighted by Gasteiger charge is -2.36. The van der Waals surface area contributed by atoms with Crippen LogP contribution in [0.1, 0.15) is 43.5 Å². The van der Waals surface area contributed by atoms with Crippen molar-refractivity contribution in [2.75, 3.05) is 18.1 Å². The number of anilines is 1. The summed E-state index contributed by atoms with van der Waals surface area (Å²) in [7, 11) is 0. The fourth-order valence-corrected chi connectivity index (χ4v) is 3.27. The third-order valence-electron chi connectivity index (χ3n) is 4.49. The molecule has 0 aliphatic carbocycles. The molecule has 1 aromatic heterocycles. The molecule has 3 rings (SSSR count). The zero-order valence-electron chi connectivity index (χ0n) is 13.9. The van der Waals surface area contributed by atoms with E-state index in [1.807, 2.05) is 42.1 Å². The van der Waals surface area contributed by atoms with Gasteiger partial charge in [-0.05, 0) is 63.4 Å². The number of hydrogen-bond donors (Lipinski definition) is 0. The van der Waals surface area contributed by atoms with E-state index in [0.29, 0.717) is 18.2 Å². The highest BCUT2D eigenvalue weighted by molar-refractivity contribution is 5.96. The molecule has 2 heterocycles. The number of carbonyl (C=O) groups is 1. The normalized spacial score (nSPS) is 18.0. The van der Waals surface area contributed by atoms with Crippen molar-refractivity contribution in [3.8, 4) is 5.69 Å². The highest BCUT2D eigenvalue weighted by Crippen LogP contribution is 2.30. The summed E-state index contributed by atoms with van der Waals surface area (Å²) < 4.78 is 7.30. The van der Waals surface area contributed by atoms with E-state index in [1.165, 1.54) is 19.3 Å². The largest absolute Gasteiger partial charge is 0.462 e. The van der Waals surface area contributed by atoms with Crippen molar-refractivity contribution in [1.29, 1.82) is 0 Å². The van der Waals surface area contributed by atoms with Crippen molar-refractivity contribution >= 4 is 11.7 Å². The summed E-state index contributed by atoms with van der Waals surface area (Å²) in [6.45, 7) is 5.46. The Labute approximate surface area is 137 Å². The molecule has 1 atom stereocenters. The summed E-state index contributed by atoms with van der Waals surface area (Å²) in [6, 6.07) is 10.5. The van der Waals surface area contributed by atoms with Crippen molar-refractivity contribution < 1.29 is 9.53 Å². The molecule has 0 radical (unpaired) electrons. The molecule has 2 aromatic rings. The third-order valence-corrected chi connectivity index (χ3v) is 4.49. The van der Waals surface area contributed by atoms with Crippen LogP contribution in [0.2, 0.25) is 0 Å². The van der Waals surface area contributed by atoms with Crippen LogP contribution in [0.4, 0.5) is 5.69 Å². The molecule has 0 bridgehead atoms. The molecule has 1 unspecified atom stereocenters.